The van der Waals surface area contributed by atoms with E-state index in [1.54, 1.807) is 12.1 Å². The number of nitrogens with two attached hydrogens (primary N) is 1. The predicted octanol–water partition coefficient (Wildman–Crippen LogP) is 4.97. The molecule has 1 aliphatic heterocycles. The summed E-state index contributed by atoms with van der Waals surface area (Å²) in [6, 6.07) is 14.9. The van der Waals surface area contributed by atoms with Gasteiger partial charge in [-0.2, -0.15) is 0 Å². The molecule has 5 rings (SSSR count). The van der Waals surface area contributed by atoms with Crippen LogP contribution in [0.2, 0.25) is 0 Å². The Bertz CT molecular complexity index is 1450. The number of hydrogen-bond donors (Lipinski definition) is 2. The third kappa shape index (κ3) is 5.10. The number of carboxylic acids is 1. The lowest BCUT2D eigenvalue weighted by atomic mass is 9.82. The quantitative estimate of drug-likeness (QED) is 0.476. The Labute approximate surface area is 226 Å². The maximum Gasteiger partial charge on any atom is 0.375 e. The summed E-state index contributed by atoms with van der Waals surface area (Å²) in [5.74, 6) is -2.93. The highest BCUT2D eigenvalue weighted by atomic mass is 16.6. The number of allylic oxidation sites excluding steroid dienone is 3. The SMILES string of the molecule is Cc1cccc(-c2ccccc2C(=O)N(C2CC2)C(CC2=CC=CCC2)(C(N)=O)C2=COC(C(=O)O)=CO2)c1. The van der Waals surface area contributed by atoms with Crippen LogP contribution in [0, 0.1) is 6.92 Å². The number of hydrogen-bond acceptors (Lipinski definition) is 5. The van der Waals surface area contributed by atoms with Crippen molar-refractivity contribution in [2.45, 2.75) is 50.6 Å². The highest BCUT2D eigenvalue weighted by Crippen LogP contribution is 2.44. The fourth-order valence-corrected chi connectivity index (χ4v) is 5.18. The molecule has 200 valence electrons. The molecule has 1 heterocycles. The van der Waals surface area contributed by atoms with Crippen LogP contribution in [-0.2, 0) is 19.1 Å². The molecule has 1 saturated carbocycles. The highest BCUT2D eigenvalue weighted by Gasteiger charge is 2.56. The summed E-state index contributed by atoms with van der Waals surface area (Å²) in [5, 5.41) is 9.32. The lowest BCUT2D eigenvalue weighted by Crippen LogP contribution is -2.62. The Morgan fingerprint density at radius 1 is 1.08 bits per heavy atom. The summed E-state index contributed by atoms with van der Waals surface area (Å²) in [4.78, 5) is 41.1. The zero-order valence-electron chi connectivity index (χ0n) is 21.6. The number of aliphatic carboxylic acids is 1. The Hall–Kier alpha value is -4.59. The van der Waals surface area contributed by atoms with Crippen molar-refractivity contribution in [3.05, 3.63) is 108 Å². The molecule has 8 heteroatoms. The second-order valence-electron chi connectivity index (χ2n) is 10.0. The van der Waals surface area contributed by atoms with Gasteiger partial charge in [0.25, 0.3) is 11.8 Å². The van der Waals surface area contributed by atoms with Crippen LogP contribution in [-0.4, -0.2) is 39.4 Å². The minimum Gasteiger partial charge on any atom is -0.475 e. The molecule has 1 unspecified atom stereocenters. The molecule has 2 amide bonds. The topological polar surface area (TPSA) is 119 Å². The number of benzene rings is 2. The van der Waals surface area contributed by atoms with Crippen LogP contribution in [0.15, 0.2) is 96.4 Å². The van der Waals surface area contributed by atoms with E-state index < -0.39 is 23.2 Å². The number of carbonyl (C=O) groups is 3. The highest BCUT2D eigenvalue weighted by molar-refractivity contribution is 6.05. The molecule has 8 nitrogen and oxygen atoms in total. The van der Waals surface area contributed by atoms with E-state index in [2.05, 4.69) is 0 Å². The van der Waals surface area contributed by atoms with Crippen LogP contribution in [0.5, 0.6) is 0 Å². The van der Waals surface area contributed by atoms with Crippen LogP contribution < -0.4 is 5.73 Å². The van der Waals surface area contributed by atoms with Gasteiger partial charge >= 0.3 is 5.97 Å². The summed E-state index contributed by atoms with van der Waals surface area (Å²) >= 11 is 0. The van der Waals surface area contributed by atoms with Gasteiger partial charge in [-0.3, -0.25) is 9.59 Å². The molecule has 3 aliphatic rings. The van der Waals surface area contributed by atoms with Gasteiger partial charge in [0.05, 0.1) is 0 Å². The van der Waals surface area contributed by atoms with E-state index in [-0.39, 0.29) is 24.1 Å². The van der Waals surface area contributed by atoms with E-state index in [1.807, 2.05) is 61.5 Å². The fourth-order valence-electron chi connectivity index (χ4n) is 5.18. The summed E-state index contributed by atoms with van der Waals surface area (Å²) in [6.07, 6.45) is 10.8. The normalized spacial score (nSPS) is 17.9. The zero-order chi connectivity index (χ0) is 27.6. The van der Waals surface area contributed by atoms with E-state index in [0.29, 0.717) is 24.8 Å². The van der Waals surface area contributed by atoms with Gasteiger partial charge in [-0.05, 0) is 49.8 Å². The van der Waals surface area contributed by atoms with Gasteiger partial charge in [-0.15, -0.1) is 0 Å². The summed E-state index contributed by atoms with van der Waals surface area (Å²) < 4.78 is 11.1. The van der Waals surface area contributed by atoms with Crippen molar-refractivity contribution in [2.75, 3.05) is 0 Å². The monoisotopic (exact) mass is 526 g/mol. The number of carbonyl (C=O) groups excluding carboxylic acids is 2. The number of primary amides is 1. The van der Waals surface area contributed by atoms with Gasteiger partial charge in [0.15, 0.2) is 11.3 Å². The Morgan fingerprint density at radius 3 is 2.49 bits per heavy atom. The van der Waals surface area contributed by atoms with E-state index in [1.165, 1.54) is 4.90 Å². The van der Waals surface area contributed by atoms with Crippen LogP contribution in [0.4, 0.5) is 0 Å². The second-order valence-corrected chi connectivity index (χ2v) is 10.0. The van der Waals surface area contributed by atoms with Crippen LogP contribution in [0.25, 0.3) is 11.1 Å². The second kappa shape index (κ2) is 10.6. The Kier molecular flexibility index (Phi) is 7.11. The largest absolute Gasteiger partial charge is 0.475 e. The zero-order valence-corrected chi connectivity index (χ0v) is 21.6. The fraction of sp³-hybridized carbons (Fsp3) is 0.258. The average molecular weight is 527 g/mol. The molecule has 2 aliphatic carbocycles. The summed E-state index contributed by atoms with van der Waals surface area (Å²) in [6.45, 7) is 1.99. The molecular formula is C31H30N2O6. The van der Waals surface area contributed by atoms with Crippen molar-refractivity contribution in [2.24, 2.45) is 5.73 Å². The lowest BCUT2D eigenvalue weighted by molar-refractivity contribution is -0.136. The van der Waals surface area contributed by atoms with Gasteiger partial charge in [0.2, 0.25) is 5.76 Å². The van der Waals surface area contributed by atoms with Gasteiger partial charge in [-0.25, -0.2) is 4.79 Å². The van der Waals surface area contributed by atoms with Crippen molar-refractivity contribution >= 4 is 17.8 Å². The number of nitrogens with zero attached hydrogens (tertiary/aromatic N) is 1. The third-order valence-electron chi connectivity index (χ3n) is 7.22. The molecule has 2 aromatic rings. The van der Waals surface area contributed by atoms with Crippen molar-refractivity contribution in [1.82, 2.24) is 4.90 Å². The van der Waals surface area contributed by atoms with E-state index >= 15 is 0 Å². The first-order valence-corrected chi connectivity index (χ1v) is 12.9. The molecule has 0 radical (unpaired) electrons. The van der Waals surface area contributed by atoms with E-state index in [4.69, 9.17) is 15.2 Å². The number of aryl methyl sites for hydroxylation is 1. The van der Waals surface area contributed by atoms with Crippen molar-refractivity contribution < 1.29 is 29.0 Å². The smallest absolute Gasteiger partial charge is 0.375 e. The maximum absolute atomic E-state index is 14.6. The summed E-state index contributed by atoms with van der Waals surface area (Å²) in [7, 11) is 0. The van der Waals surface area contributed by atoms with E-state index in [0.717, 1.165) is 41.2 Å². The van der Waals surface area contributed by atoms with Crippen LogP contribution in [0.1, 0.15) is 48.0 Å². The van der Waals surface area contributed by atoms with Gasteiger partial charge in [0, 0.05) is 18.0 Å². The molecular weight excluding hydrogens is 496 g/mol. The third-order valence-corrected chi connectivity index (χ3v) is 7.22. The molecule has 2 aromatic carbocycles. The van der Waals surface area contributed by atoms with Crippen molar-refractivity contribution in [3.8, 4) is 11.1 Å². The molecule has 3 N–H and O–H groups in total. The minimum absolute atomic E-state index is 0.0243. The standard InChI is InChI=1S/C31H30N2O6/c1-20-8-7-11-22(16-20)24-12-5-6-13-25(24)28(34)33(23-14-15-23)31(30(32)37,17-21-9-3-2-4-10-21)27-19-38-26(18-39-27)29(35)36/h2-3,5-9,11-13,16,18-19,23H,4,10,14-15,17H2,1H3,(H2,32,37)(H,35,36). The first kappa shape index (κ1) is 26.0. The Morgan fingerprint density at radius 2 is 1.87 bits per heavy atom. The molecule has 0 saturated heterocycles. The molecule has 0 aromatic heterocycles. The van der Waals surface area contributed by atoms with E-state index in [9.17, 15) is 19.5 Å². The molecule has 1 atom stereocenters. The molecule has 1 fully saturated rings. The number of amides is 2. The average Bonchev–Trinajstić information content (AvgIpc) is 3.78. The Balaban J connectivity index is 1.65. The number of carboxylic acid groups (broad SMARTS) is 1. The molecule has 0 bridgehead atoms. The lowest BCUT2D eigenvalue weighted by Gasteiger charge is -2.43. The van der Waals surface area contributed by atoms with Crippen LogP contribution in [0.3, 0.4) is 0 Å². The maximum atomic E-state index is 14.6. The van der Waals surface area contributed by atoms with Crippen molar-refractivity contribution in [3.63, 3.8) is 0 Å². The number of ether oxygens (including phenoxy) is 2. The summed E-state index contributed by atoms with van der Waals surface area (Å²) in [5.41, 5.74) is 8.44. The van der Waals surface area contributed by atoms with Gasteiger partial charge in [0.1, 0.15) is 12.5 Å². The van der Waals surface area contributed by atoms with Gasteiger partial charge in [-0.1, -0.05) is 71.8 Å². The predicted molar refractivity (Wildman–Crippen MR) is 145 cm³/mol. The van der Waals surface area contributed by atoms with Crippen LogP contribution >= 0.6 is 0 Å². The number of rotatable bonds is 9. The first-order valence-electron chi connectivity index (χ1n) is 12.9. The first-order chi connectivity index (χ1) is 18.8. The molecule has 39 heavy (non-hydrogen) atoms. The van der Waals surface area contributed by atoms with Gasteiger partial charge < -0.3 is 25.2 Å². The molecule has 0 spiro atoms. The minimum atomic E-state index is -1.74. The van der Waals surface area contributed by atoms with Crippen molar-refractivity contribution in [1.29, 1.82) is 0 Å².